The third-order valence-electron chi connectivity index (χ3n) is 4.71. The topological polar surface area (TPSA) is 41.1 Å². The summed E-state index contributed by atoms with van der Waals surface area (Å²) < 4.78 is 28.0. The van der Waals surface area contributed by atoms with Gasteiger partial charge in [-0.05, 0) is 48.8 Å². The zero-order valence-electron chi connectivity index (χ0n) is 13.7. The number of amides is 1. The maximum absolute atomic E-state index is 14.4. The third-order valence-corrected chi connectivity index (χ3v) is 5.05. The molecule has 0 spiro atoms. The van der Waals surface area contributed by atoms with E-state index in [0.29, 0.717) is 10.6 Å². The summed E-state index contributed by atoms with van der Waals surface area (Å²) in [6.45, 7) is 3.39. The molecular weight excluding hydrogens is 346 g/mol. The number of carbonyl (C=O) groups is 1. The second-order valence-corrected chi connectivity index (χ2v) is 6.74. The second-order valence-electron chi connectivity index (χ2n) is 6.34. The average molecular weight is 365 g/mol. The van der Waals surface area contributed by atoms with Crippen molar-refractivity contribution < 1.29 is 13.6 Å². The van der Waals surface area contributed by atoms with Gasteiger partial charge in [0.2, 0.25) is 5.91 Å². The standard InChI is InChI=1S/C19H19ClF2N2O/c1-11(12-9-23-10-12)19(25)24-18(14-4-2-3-5-16(14)20)15-8-13(21)6-7-17(15)22/h2-8,11-12,18,23H,9-10H2,1H3,(H,24,25). The fourth-order valence-electron chi connectivity index (χ4n) is 2.92. The molecule has 6 heteroatoms. The number of hydrogen-bond donors (Lipinski definition) is 2. The van der Waals surface area contributed by atoms with Crippen LogP contribution in [0.2, 0.25) is 5.02 Å². The first-order valence-corrected chi connectivity index (χ1v) is 8.55. The zero-order valence-corrected chi connectivity index (χ0v) is 14.5. The molecule has 0 aliphatic carbocycles. The van der Waals surface area contributed by atoms with Crippen LogP contribution in [0.3, 0.4) is 0 Å². The van der Waals surface area contributed by atoms with E-state index in [1.165, 1.54) is 0 Å². The number of carbonyl (C=O) groups excluding carboxylic acids is 1. The van der Waals surface area contributed by atoms with Crippen molar-refractivity contribution in [3.63, 3.8) is 0 Å². The molecular formula is C19H19ClF2N2O. The molecule has 132 valence electrons. The lowest BCUT2D eigenvalue weighted by molar-refractivity contribution is -0.127. The van der Waals surface area contributed by atoms with Crippen LogP contribution in [0, 0.1) is 23.5 Å². The Morgan fingerprint density at radius 2 is 1.92 bits per heavy atom. The van der Waals surface area contributed by atoms with Gasteiger partial charge in [-0.2, -0.15) is 0 Å². The first-order chi connectivity index (χ1) is 12.0. The van der Waals surface area contributed by atoms with E-state index in [-0.39, 0.29) is 23.3 Å². The summed E-state index contributed by atoms with van der Waals surface area (Å²) in [6, 6.07) is 9.20. The van der Waals surface area contributed by atoms with E-state index >= 15 is 0 Å². The predicted octanol–water partition coefficient (Wildman–Crippen LogP) is 3.68. The Bertz CT molecular complexity index is 780. The average Bonchev–Trinajstić information content (AvgIpc) is 2.54. The fraction of sp³-hybridized carbons (Fsp3) is 0.316. The van der Waals surface area contributed by atoms with Crippen molar-refractivity contribution in [3.8, 4) is 0 Å². The SMILES string of the molecule is CC(C(=O)NC(c1cc(F)ccc1F)c1ccccc1Cl)C1CNC1. The maximum atomic E-state index is 14.4. The van der Waals surface area contributed by atoms with E-state index in [2.05, 4.69) is 10.6 Å². The quantitative estimate of drug-likeness (QED) is 0.849. The Hall–Kier alpha value is -1.98. The van der Waals surface area contributed by atoms with Crippen LogP contribution < -0.4 is 10.6 Å². The largest absolute Gasteiger partial charge is 0.345 e. The van der Waals surface area contributed by atoms with E-state index in [4.69, 9.17) is 11.6 Å². The van der Waals surface area contributed by atoms with Crippen molar-refractivity contribution >= 4 is 17.5 Å². The number of hydrogen-bond acceptors (Lipinski definition) is 2. The molecule has 2 aromatic rings. The highest BCUT2D eigenvalue weighted by Gasteiger charge is 2.31. The molecule has 2 atom stereocenters. The normalized spacial score (nSPS) is 16.8. The summed E-state index contributed by atoms with van der Waals surface area (Å²) in [5, 5.41) is 6.36. The van der Waals surface area contributed by atoms with E-state index in [1.54, 1.807) is 24.3 Å². The highest BCUT2D eigenvalue weighted by Crippen LogP contribution is 2.31. The predicted molar refractivity (Wildman–Crippen MR) is 93.3 cm³/mol. The van der Waals surface area contributed by atoms with Gasteiger partial charge in [0, 0.05) is 16.5 Å². The lowest BCUT2D eigenvalue weighted by atomic mass is 9.87. The van der Waals surface area contributed by atoms with Crippen molar-refractivity contribution in [2.75, 3.05) is 13.1 Å². The lowest BCUT2D eigenvalue weighted by Crippen LogP contribution is -2.50. The van der Waals surface area contributed by atoms with E-state index in [0.717, 1.165) is 31.3 Å². The summed E-state index contributed by atoms with van der Waals surface area (Å²) >= 11 is 6.25. The molecule has 0 bridgehead atoms. The third kappa shape index (κ3) is 3.83. The minimum Gasteiger partial charge on any atom is -0.345 e. The summed E-state index contributed by atoms with van der Waals surface area (Å²) in [5.74, 6) is -1.37. The molecule has 1 fully saturated rings. The van der Waals surface area contributed by atoms with Crippen LogP contribution in [0.15, 0.2) is 42.5 Å². The maximum Gasteiger partial charge on any atom is 0.223 e. The molecule has 2 unspecified atom stereocenters. The van der Waals surface area contributed by atoms with Crippen LogP contribution >= 0.6 is 11.6 Å². The van der Waals surface area contributed by atoms with Gasteiger partial charge in [0.05, 0.1) is 6.04 Å². The van der Waals surface area contributed by atoms with Gasteiger partial charge in [-0.15, -0.1) is 0 Å². The molecule has 0 radical (unpaired) electrons. The molecule has 1 saturated heterocycles. The molecule has 25 heavy (non-hydrogen) atoms. The van der Waals surface area contributed by atoms with Crippen LogP contribution in [0.25, 0.3) is 0 Å². The van der Waals surface area contributed by atoms with Gasteiger partial charge in [0.15, 0.2) is 0 Å². The van der Waals surface area contributed by atoms with Crippen LogP contribution in [0.4, 0.5) is 8.78 Å². The van der Waals surface area contributed by atoms with E-state index in [9.17, 15) is 13.6 Å². The van der Waals surface area contributed by atoms with Crippen molar-refractivity contribution in [1.29, 1.82) is 0 Å². The summed E-state index contributed by atoms with van der Waals surface area (Å²) in [5.41, 5.74) is 0.585. The minimum absolute atomic E-state index is 0.0559. The molecule has 1 heterocycles. The fourth-order valence-corrected chi connectivity index (χ4v) is 3.17. The van der Waals surface area contributed by atoms with E-state index < -0.39 is 17.7 Å². The smallest absolute Gasteiger partial charge is 0.223 e. The van der Waals surface area contributed by atoms with Crippen molar-refractivity contribution in [2.24, 2.45) is 11.8 Å². The Balaban J connectivity index is 1.96. The van der Waals surface area contributed by atoms with Gasteiger partial charge < -0.3 is 10.6 Å². The Morgan fingerprint density at radius 3 is 2.56 bits per heavy atom. The molecule has 3 nitrogen and oxygen atoms in total. The van der Waals surface area contributed by atoms with Crippen LogP contribution in [0.5, 0.6) is 0 Å². The second kappa shape index (κ2) is 7.50. The minimum atomic E-state index is -0.854. The summed E-state index contributed by atoms with van der Waals surface area (Å²) in [4.78, 5) is 12.6. The molecule has 2 N–H and O–H groups in total. The number of benzene rings is 2. The van der Waals surface area contributed by atoms with Crippen LogP contribution in [-0.2, 0) is 4.79 Å². The number of halogens is 3. The molecule has 0 saturated carbocycles. The van der Waals surface area contributed by atoms with Gasteiger partial charge in [0.1, 0.15) is 11.6 Å². The van der Waals surface area contributed by atoms with E-state index in [1.807, 2.05) is 6.92 Å². The lowest BCUT2D eigenvalue weighted by Gasteiger charge is -2.33. The Kier molecular flexibility index (Phi) is 5.35. The van der Waals surface area contributed by atoms with Crippen molar-refractivity contribution in [3.05, 3.63) is 70.2 Å². The van der Waals surface area contributed by atoms with Gasteiger partial charge in [0.25, 0.3) is 0 Å². The Morgan fingerprint density at radius 1 is 1.20 bits per heavy atom. The molecule has 1 aliphatic rings. The van der Waals surface area contributed by atoms with Gasteiger partial charge in [-0.25, -0.2) is 8.78 Å². The molecule has 1 aliphatic heterocycles. The summed E-state index contributed by atoms with van der Waals surface area (Å²) in [6.07, 6.45) is 0. The van der Waals surface area contributed by atoms with Crippen LogP contribution in [-0.4, -0.2) is 19.0 Å². The van der Waals surface area contributed by atoms with Gasteiger partial charge >= 0.3 is 0 Å². The molecule has 1 amide bonds. The Labute approximate surface area is 150 Å². The molecule has 3 rings (SSSR count). The van der Waals surface area contributed by atoms with Crippen molar-refractivity contribution in [1.82, 2.24) is 10.6 Å². The van der Waals surface area contributed by atoms with Gasteiger partial charge in [-0.3, -0.25) is 4.79 Å². The van der Waals surface area contributed by atoms with Gasteiger partial charge in [-0.1, -0.05) is 36.7 Å². The zero-order chi connectivity index (χ0) is 18.0. The first-order valence-electron chi connectivity index (χ1n) is 8.18. The van der Waals surface area contributed by atoms with Crippen LogP contribution in [0.1, 0.15) is 24.1 Å². The first kappa shape index (κ1) is 17.8. The van der Waals surface area contributed by atoms with Crippen molar-refractivity contribution in [2.45, 2.75) is 13.0 Å². The molecule has 2 aromatic carbocycles. The highest BCUT2D eigenvalue weighted by molar-refractivity contribution is 6.31. The molecule has 0 aromatic heterocycles. The highest BCUT2D eigenvalue weighted by atomic mass is 35.5. The monoisotopic (exact) mass is 364 g/mol. The number of rotatable bonds is 5. The summed E-state index contributed by atoms with van der Waals surface area (Å²) in [7, 11) is 0. The number of nitrogens with one attached hydrogen (secondary N) is 2.